The molecule has 4 aliphatic rings. The van der Waals surface area contributed by atoms with Crippen LogP contribution in [0.1, 0.15) is 24.6 Å². The fourth-order valence-corrected chi connectivity index (χ4v) is 6.57. The summed E-state index contributed by atoms with van der Waals surface area (Å²) in [5.41, 5.74) is 5.67. The first-order valence-electron chi connectivity index (χ1n) is 11.9. The Morgan fingerprint density at radius 1 is 1.08 bits per heavy atom. The van der Waals surface area contributed by atoms with Gasteiger partial charge in [-0.1, -0.05) is 30.3 Å². The van der Waals surface area contributed by atoms with Gasteiger partial charge in [-0.15, -0.1) is 54.0 Å². The zero-order chi connectivity index (χ0) is 22.4. The second kappa shape index (κ2) is 11.8. The average Bonchev–Trinajstić information content (AvgIpc) is 3.62. The van der Waals surface area contributed by atoms with E-state index in [1.54, 1.807) is 0 Å². The lowest BCUT2D eigenvalue weighted by Crippen LogP contribution is -2.56. The highest BCUT2D eigenvalue weighted by molar-refractivity contribution is 7.99. The summed E-state index contributed by atoms with van der Waals surface area (Å²) >= 11 is 1.84. The van der Waals surface area contributed by atoms with Crippen LogP contribution in [-0.2, 0) is 4.79 Å². The summed E-state index contributed by atoms with van der Waals surface area (Å²) in [6.07, 6.45) is 10.8. The lowest BCUT2D eigenvalue weighted by Gasteiger charge is -2.43. The van der Waals surface area contributed by atoms with Gasteiger partial charge in [-0.2, -0.15) is 9.69 Å². The molecular formula is C26H33Cl3N5OS+. The van der Waals surface area contributed by atoms with Crippen LogP contribution in [0, 0.1) is 6.92 Å². The number of hydrogen-bond acceptors (Lipinski definition) is 4. The largest absolute Gasteiger partial charge is 0.329 e. The molecule has 5 heterocycles. The van der Waals surface area contributed by atoms with E-state index in [2.05, 4.69) is 77.4 Å². The number of fused-ring (bicyclic) bond motifs is 1. The molecule has 6 rings (SSSR count). The van der Waals surface area contributed by atoms with Gasteiger partial charge < -0.3 is 4.90 Å². The van der Waals surface area contributed by atoms with Gasteiger partial charge in [0.15, 0.2) is 5.70 Å². The number of halogens is 3. The van der Waals surface area contributed by atoms with E-state index in [1.165, 1.54) is 17.0 Å². The number of nitrogens with zero attached hydrogens (tertiary/aromatic N) is 5. The van der Waals surface area contributed by atoms with E-state index in [-0.39, 0.29) is 43.1 Å². The van der Waals surface area contributed by atoms with Gasteiger partial charge >= 0.3 is 0 Å². The quantitative estimate of drug-likeness (QED) is 0.464. The average molecular weight is 570 g/mol. The van der Waals surface area contributed by atoms with E-state index in [1.807, 2.05) is 16.7 Å². The third kappa shape index (κ3) is 5.02. The highest BCUT2D eigenvalue weighted by Gasteiger charge is 2.48. The zero-order valence-corrected chi connectivity index (χ0v) is 23.6. The topological polar surface area (TPSA) is 41.4 Å². The number of benzene rings is 1. The number of aromatic nitrogens is 2. The molecule has 0 bridgehead atoms. The number of allylic oxidation sites excluding steroid dienone is 3. The standard InChI is InChI=1S/C26H30N5OS.3ClH/c1-20-16-25(21-6-3-2-4-7-21)30(27-20)23-9-11-29(12-10-23)31-14-5-8-24(31)17-22(18-31)26(32)28-13-15-33-19-28;;;/h2-8,14,16-17,23H,9-13,15,18-19H2,1H3;3*1H/q+1;;;/t31-;;;/m1.../s1. The van der Waals surface area contributed by atoms with E-state index in [4.69, 9.17) is 5.10 Å². The molecule has 0 N–H and O–H groups in total. The molecule has 10 heteroatoms. The Morgan fingerprint density at radius 2 is 1.83 bits per heavy atom. The van der Waals surface area contributed by atoms with Crippen molar-refractivity contribution in [2.24, 2.45) is 0 Å². The van der Waals surface area contributed by atoms with E-state index < -0.39 is 0 Å². The maximum Gasteiger partial charge on any atom is 0.256 e. The minimum atomic E-state index is 0. The fraction of sp³-hybridized carbons (Fsp3) is 0.385. The first-order chi connectivity index (χ1) is 16.1. The summed E-state index contributed by atoms with van der Waals surface area (Å²) in [5, 5.41) is 7.42. The molecule has 1 aromatic carbocycles. The van der Waals surface area contributed by atoms with Gasteiger partial charge in [-0.05, 0) is 37.5 Å². The molecule has 2 fully saturated rings. The molecule has 36 heavy (non-hydrogen) atoms. The smallest absolute Gasteiger partial charge is 0.256 e. The first kappa shape index (κ1) is 28.8. The normalized spacial score (nSPS) is 23.3. The Labute approximate surface area is 235 Å². The van der Waals surface area contributed by atoms with E-state index in [0.29, 0.717) is 10.6 Å². The predicted octanol–water partition coefficient (Wildman–Crippen LogP) is 5.38. The lowest BCUT2D eigenvalue weighted by molar-refractivity contribution is -0.949. The Balaban J connectivity index is 0.00000120. The molecule has 2 saturated heterocycles. The number of hydrogen-bond donors (Lipinski definition) is 0. The van der Waals surface area contributed by atoms with Crippen molar-refractivity contribution >= 4 is 54.9 Å². The summed E-state index contributed by atoms with van der Waals surface area (Å²) < 4.78 is 2.93. The second-order valence-corrected chi connectivity index (χ2v) is 10.4. The molecule has 0 saturated carbocycles. The van der Waals surface area contributed by atoms with Crippen molar-refractivity contribution in [2.45, 2.75) is 25.8 Å². The number of aryl methyl sites for hydroxylation is 1. The van der Waals surface area contributed by atoms with Crippen molar-refractivity contribution < 1.29 is 9.39 Å². The van der Waals surface area contributed by atoms with Gasteiger partial charge in [0, 0.05) is 24.4 Å². The minimum Gasteiger partial charge on any atom is -0.329 e. The van der Waals surface area contributed by atoms with Gasteiger partial charge in [0.1, 0.15) is 12.7 Å². The van der Waals surface area contributed by atoms with Crippen LogP contribution in [0.15, 0.2) is 72.1 Å². The molecule has 4 aliphatic heterocycles. The van der Waals surface area contributed by atoms with Crippen molar-refractivity contribution in [1.82, 2.24) is 19.7 Å². The summed E-state index contributed by atoms with van der Waals surface area (Å²) in [5.74, 6) is 2.09. The van der Waals surface area contributed by atoms with Crippen molar-refractivity contribution in [3.63, 3.8) is 0 Å². The lowest BCUT2D eigenvalue weighted by atomic mass is 10.0. The van der Waals surface area contributed by atoms with Crippen LogP contribution < -0.4 is 0 Å². The maximum atomic E-state index is 13.1. The maximum absolute atomic E-state index is 13.1. The molecule has 194 valence electrons. The number of thioether (sulfide) groups is 1. The fourth-order valence-electron chi connectivity index (χ4n) is 5.62. The number of carbonyl (C=O) groups is 1. The number of amides is 1. The number of piperidine rings is 1. The highest BCUT2D eigenvalue weighted by Crippen LogP contribution is 2.40. The van der Waals surface area contributed by atoms with Crippen LogP contribution in [0.25, 0.3) is 11.3 Å². The summed E-state index contributed by atoms with van der Waals surface area (Å²) in [4.78, 5) is 15.1. The third-order valence-corrected chi connectivity index (χ3v) is 8.28. The van der Waals surface area contributed by atoms with Crippen LogP contribution in [0.3, 0.4) is 0 Å². The van der Waals surface area contributed by atoms with E-state index >= 15 is 0 Å². The molecule has 0 aliphatic carbocycles. The van der Waals surface area contributed by atoms with Crippen LogP contribution in [0.2, 0.25) is 0 Å². The van der Waals surface area contributed by atoms with Crippen molar-refractivity contribution in [3.8, 4) is 11.3 Å². The van der Waals surface area contributed by atoms with Crippen LogP contribution in [0.5, 0.6) is 0 Å². The van der Waals surface area contributed by atoms with Gasteiger partial charge in [0.2, 0.25) is 0 Å². The Hall–Kier alpha value is -1.74. The number of carbonyl (C=O) groups excluding carboxylic acids is 1. The molecule has 0 unspecified atom stereocenters. The van der Waals surface area contributed by atoms with Crippen LogP contribution in [-0.4, -0.2) is 68.0 Å². The minimum absolute atomic E-state index is 0. The SMILES string of the molecule is Cc1cc(-c2ccccc2)n(C2CCN([N@@+]34C=CC=C3C=C(C(=O)N3CCSC3)C4)CC2)n1.Cl.Cl.Cl. The van der Waals surface area contributed by atoms with E-state index in [9.17, 15) is 4.79 Å². The molecule has 6 nitrogen and oxygen atoms in total. The predicted molar refractivity (Wildman–Crippen MR) is 153 cm³/mol. The van der Waals surface area contributed by atoms with E-state index in [0.717, 1.165) is 61.9 Å². The van der Waals surface area contributed by atoms with Gasteiger partial charge in [0.25, 0.3) is 5.91 Å². The molecule has 1 atom stereocenters. The van der Waals surface area contributed by atoms with Crippen LogP contribution in [0.4, 0.5) is 0 Å². The molecule has 2 aromatic rings. The molecule has 0 spiro atoms. The summed E-state index contributed by atoms with van der Waals surface area (Å²) in [7, 11) is 0. The van der Waals surface area contributed by atoms with Gasteiger partial charge in [-0.3, -0.25) is 9.48 Å². The monoisotopic (exact) mass is 568 g/mol. The van der Waals surface area contributed by atoms with Gasteiger partial charge in [-0.25, -0.2) is 0 Å². The summed E-state index contributed by atoms with van der Waals surface area (Å²) in [6.45, 7) is 5.65. The Kier molecular flexibility index (Phi) is 9.41. The number of quaternary nitrogens is 1. The second-order valence-electron chi connectivity index (χ2n) is 9.36. The molecule has 1 aromatic heterocycles. The molecule has 0 radical (unpaired) electrons. The van der Waals surface area contributed by atoms with Gasteiger partial charge in [0.05, 0.1) is 42.0 Å². The zero-order valence-electron chi connectivity index (χ0n) is 20.3. The van der Waals surface area contributed by atoms with Crippen molar-refractivity contribution in [3.05, 3.63) is 77.8 Å². The summed E-state index contributed by atoms with van der Waals surface area (Å²) in [6, 6.07) is 13.2. The molecule has 1 amide bonds. The highest BCUT2D eigenvalue weighted by atomic mass is 35.5. The third-order valence-electron chi connectivity index (χ3n) is 7.31. The van der Waals surface area contributed by atoms with Crippen LogP contribution >= 0.6 is 49.0 Å². The van der Waals surface area contributed by atoms with Crippen molar-refractivity contribution in [2.75, 3.05) is 37.8 Å². The Bertz CT molecular complexity index is 1170. The first-order valence-corrected chi connectivity index (χ1v) is 13.0. The molecular weight excluding hydrogens is 537 g/mol. The number of rotatable bonds is 4. The Morgan fingerprint density at radius 3 is 2.53 bits per heavy atom. The van der Waals surface area contributed by atoms with Crippen molar-refractivity contribution in [1.29, 1.82) is 0 Å².